The minimum Gasteiger partial charge on any atom is -0.492 e. The zero-order valence-electron chi connectivity index (χ0n) is 16.6. The fourth-order valence-electron chi connectivity index (χ4n) is 3.69. The number of aromatic nitrogens is 1. The molecule has 2 heterocycles. The van der Waals surface area contributed by atoms with E-state index in [2.05, 4.69) is 16.0 Å². The van der Waals surface area contributed by atoms with Crippen molar-refractivity contribution >= 4 is 28.6 Å². The van der Waals surface area contributed by atoms with E-state index in [4.69, 9.17) is 4.74 Å². The first-order chi connectivity index (χ1) is 14.3. The van der Waals surface area contributed by atoms with Crippen LogP contribution in [0.3, 0.4) is 0 Å². The summed E-state index contributed by atoms with van der Waals surface area (Å²) in [6.45, 7) is 5.60. The molecular formula is C24H25N3O2. The third-order valence-corrected chi connectivity index (χ3v) is 5.17. The quantitative estimate of drug-likeness (QED) is 0.621. The van der Waals surface area contributed by atoms with E-state index in [1.54, 1.807) is 12.3 Å². The van der Waals surface area contributed by atoms with Gasteiger partial charge in [0.2, 0.25) is 5.91 Å². The minimum atomic E-state index is 0.0377. The average molecular weight is 387 g/mol. The molecule has 1 aliphatic heterocycles. The zero-order chi connectivity index (χ0) is 20.1. The summed E-state index contributed by atoms with van der Waals surface area (Å²) in [5.41, 5.74) is 2.97. The molecule has 1 amide bonds. The van der Waals surface area contributed by atoms with Crippen LogP contribution in [-0.4, -0.2) is 48.6 Å². The Balaban J connectivity index is 1.41. The van der Waals surface area contributed by atoms with Crippen molar-refractivity contribution in [2.45, 2.75) is 6.92 Å². The molecule has 0 saturated carbocycles. The first kappa shape index (κ1) is 19.0. The number of amides is 1. The number of para-hydroxylation sites is 3. The molecule has 5 nitrogen and oxygen atoms in total. The van der Waals surface area contributed by atoms with Crippen LogP contribution in [0, 0.1) is 0 Å². The van der Waals surface area contributed by atoms with Crippen LogP contribution in [0.1, 0.15) is 12.5 Å². The van der Waals surface area contributed by atoms with Crippen molar-refractivity contribution in [3.63, 3.8) is 0 Å². The highest BCUT2D eigenvalue weighted by Crippen LogP contribution is 2.28. The summed E-state index contributed by atoms with van der Waals surface area (Å²) in [6.07, 6.45) is 5.31. The second-order valence-corrected chi connectivity index (χ2v) is 6.97. The maximum atomic E-state index is 12.7. The van der Waals surface area contributed by atoms with Crippen LogP contribution in [0.5, 0.6) is 5.75 Å². The van der Waals surface area contributed by atoms with E-state index in [-0.39, 0.29) is 5.91 Å². The van der Waals surface area contributed by atoms with Crippen molar-refractivity contribution < 1.29 is 9.53 Å². The second-order valence-electron chi connectivity index (χ2n) is 6.97. The smallest absolute Gasteiger partial charge is 0.246 e. The molecule has 0 unspecified atom stereocenters. The van der Waals surface area contributed by atoms with E-state index in [0.717, 1.165) is 41.0 Å². The Morgan fingerprint density at radius 3 is 2.66 bits per heavy atom. The summed E-state index contributed by atoms with van der Waals surface area (Å²) < 4.78 is 5.75. The molecule has 0 aliphatic carbocycles. The van der Waals surface area contributed by atoms with E-state index in [1.165, 1.54) is 0 Å². The number of nitrogens with zero attached hydrogens (tertiary/aromatic N) is 3. The first-order valence-corrected chi connectivity index (χ1v) is 10.0. The van der Waals surface area contributed by atoms with Crippen molar-refractivity contribution in [2.75, 3.05) is 37.7 Å². The number of carbonyl (C=O) groups is 1. The third-order valence-electron chi connectivity index (χ3n) is 5.17. The lowest BCUT2D eigenvalue weighted by atomic mass is 10.1. The Labute approximate surface area is 171 Å². The van der Waals surface area contributed by atoms with Gasteiger partial charge in [-0.25, -0.2) is 0 Å². The number of hydrogen-bond donors (Lipinski definition) is 0. The molecule has 0 atom stereocenters. The lowest BCUT2D eigenvalue weighted by Gasteiger charge is -2.36. The number of rotatable bonds is 5. The number of piperazine rings is 1. The summed E-state index contributed by atoms with van der Waals surface area (Å²) >= 11 is 0. The van der Waals surface area contributed by atoms with Gasteiger partial charge in [-0.05, 0) is 31.2 Å². The van der Waals surface area contributed by atoms with Crippen LogP contribution < -0.4 is 9.64 Å². The Morgan fingerprint density at radius 1 is 1.03 bits per heavy atom. The molecule has 29 heavy (non-hydrogen) atoms. The van der Waals surface area contributed by atoms with Crippen molar-refractivity contribution in [3.8, 4) is 5.75 Å². The minimum absolute atomic E-state index is 0.0377. The molecule has 148 valence electrons. The number of fused-ring (bicyclic) bond motifs is 1. The number of anilines is 1. The van der Waals surface area contributed by atoms with Crippen molar-refractivity contribution in [2.24, 2.45) is 0 Å². The van der Waals surface area contributed by atoms with Crippen LogP contribution in [0.25, 0.3) is 17.0 Å². The fourth-order valence-corrected chi connectivity index (χ4v) is 3.69. The van der Waals surface area contributed by atoms with Crippen molar-refractivity contribution in [3.05, 3.63) is 72.4 Å². The highest BCUT2D eigenvalue weighted by Gasteiger charge is 2.21. The predicted octanol–water partition coefficient (Wildman–Crippen LogP) is 4.00. The molecule has 1 fully saturated rings. The van der Waals surface area contributed by atoms with Gasteiger partial charge in [0.15, 0.2) is 0 Å². The first-order valence-electron chi connectivity index (χ1n) is 10.0. The van der Waals surface area contributed by atoms with Crippen LogP contribution in [0.4, 0.5) is 5.69 Å². The van der Waals surface area contributed by atoms with Gasteiger partial charge in [0.05, 0.1) is 17.8 Å². The molecule has 1 saturated heterocycles. The van der Waals surface area contributed by atoms with Crippen LogP contribution in [0.2, 0.25) is 0 Å². The third kappa shape index (κ3) is 4.24. The molecule has 2 aromatic carbocycles. The Morgan fingerprint density at radius 2 is 1.83 bits per heavy atom. The number of carbonyl (C=O) groups excluding carboxylic acids is 1. The summed E-state index contributed by atoms with van der Waals surface area (Å²) in [4.78, 5) is 21.3. The monoisotopic (exact) mass is 387 g/mol. The molecule has 0 N–H and O–H groups in total. The Bertz CT molecular complexity index is 1020. The van der Waals surface area contributed by atoms with Gasteiger partial charge >= 0.3 is 0 Å². The van der Waals surface area contributed by atoms with E-state index in [1.807, 2.05) is 66.4 Å². The largest absolute Gasteiger partial charge is 0.492 e. The Kier molecular flexibility index (Phi) is 5.75. The molecule has 0 bridgehead atoms. The molecule has 4 rings (SSSR count). The normalized spacial score (nSPS) is 14.5. The molecule has 5 heteroatoms. The van der Waals surface area contributed by atoms with Crippen LogP contribution in [-0.2, 0) is 4.79 Å². The number of benzene rings is 2. The van der Waals surface area contributed by atoms with Gasteiger partial charge in [-0.1, -0.05) is 36.4 Å². The maximum absolute atomic E-state index is 12.7. The second kappa shape index (κ2) is 8.78. The molecule has 1 aromatic heterocycles. The summed E-state index contributed by atoms with van der Waals surface area (Å²) in [5.74, 6) is 0.939. The molecule has 3 aromatic rings. The number of pyridine rings is 1. The maximum Gasteiger partial charge on any atom is 0.246 e. The van der Waals surface area contributed by atoms with Crippen LogP contribution in [0.15, 0.2) is 66.9 Å². The van der Waals surface area contributed by atoms with E-state index >= 15 is 0 Å². The SMILES string of the molecule is CCOc1ccccc1N1CCN(C(=O)/C=C/c2cccc3cccnc23)CC1. The number of hydrogen-bond acceptors (Lipinski definition) is 4. The van der Waals surface area contributed by atoms with Gasteiger partial charge in [0.1, 0.15) is 5.75 Å². The highest BCUT2D eigenvalue weighted by atomic mass is 16.5. The predicted molar refractivity (Wildman–Crippen MR) is 117 cm³/mol. The topological polar surface area (TPSA) is 45.7 Å². The highest BCUT2D eigenvalue weighted by molar-refractivity contribution is 5.95. The number of ether oxygens (including phenoxy) is 1. The standard InChI is InChI=1S/C24H25N3O2/c1-2-29-22-11-4-3-10-21(22)26-15-17-27(18-16-26)23(28)13-12-20-8-5-7-19-9-6-14-25-24(19)20/h3-14H,2,15-18H2,1H3/b13-12+. The summed E-state index contributed by atoms with van der Waals surface area (Å²) in [7, 11) is 0. The molecule has 1 aliphatic rings. The van der Waals surface area contributed by atoms with Crippen molar-refractivity contribution in [1.82, 2.24) is 9.88 Å². The molecular weight excluding hydrogens is 362 g/mol. The van der Waals surface area contributed by atoms with E-state index in [0.29, 0.717) is 19.7 Å². The molecule has 0 radical (unpaired) electrons. The Hall–Kier alpha value is -3.34. The lowest BCUT2D eigenvalue weighted by Crippen LogP contribution is -2.48. The van der Waals surface area contributed by atoms with Gasteiger partial charge in [0.25, 0.3) is 0 Å². The van der Waals surface area contributed by atoms with Gasteiger partial charge in [0, 0.05) is 49.4 Å². The fraction of sp³-hybridized carbons (Fsp3) is 0.250. The van der Waals surface area contributed by atoms with Gasteiger partial charge in [-0.3, -0.25) is 9.78 Å². The van der Waals surface area contributed by atoms with Gasteiger partial charge in [-0.2, -0.15) is 0 Å². The van der Waals surface area contributed by atoms with Gasteiger partial charge < -0.3 is 14.5 Å². The van der Waals surface area contributed by atoms with E-state index in [9.17, 15) is 4.79 Å². The van der Waals surface area contributed by atoms with Crippen LogP contribution >= 0.6 is 0 Å². The van der Waals surface area contributed by atoms with E-state index < -0.39 is 0 Å². The van der Waals surface area contributed by atoms with Gasteiger partial charge in [-0.15, -0.1) is 0 Å². The van der Waals surface area contributed by atoms with Crippen molar-refractivity contribution in [1.29, 1.82) is 0 Å². The zero-order valence-corrected chi connectivity index (χ0v) is 16.6. The summed E-state index contributed by atoms with van der Waals surface area (Å²) in [5, 5.41) is 1.07. The lowest BCUT2D eigenvalue weighted by molar-refractivity contribution is -0.126. The average Bonchev–Trinajstić information content (AvgIpc) is 2.78. The summed E-state index contributed by atoms with van der Waals surface area (Å²) in [6, 6.07) is 18.0. The molecule has 0 spiro atoms.